The number of sulfone groups is 1. The number of alkyl halides is 3. The highest BCUT2D eigenvalue weighted by atomic mass is 32.2. The van der Waals surface area contributed by atoms with E-state index in [0.29, 0.717) is 0 Å². The summed E-state index contributed by atoms with van der Waals surface area (Å²) in [5.41, 5.74) is -1.84. The Morgan fingerprint density at radius 2 is 1.81 bits per heavy atom. The number of aromatic nitrogens is 2. The van der Waals surface area contributed by atoms with Crippen LogP contribution in [0.2, 0.25) is 0 Å². The van der Waals surface area contributed by atoms with Crippen molar-refractivity contribution in [3.05, 3.63) is 76.7 Å². The number of hydrogen-bond donors (Lipinski definition) is 2. The van der Waals surface area contributed by atoms with Crippen LogP contribution in [0.5, 0.6) is 0 Å². The smallest absolute Gasteiger partial charge is 0.325 e. The molecule has 162 valence electrons. The molecule has 1 aromatic heterocycles. The predicted octanol–water partition coefficient (Wildman–Crippen LogP) is 3.35. The van der Waals surface area contributed by atoms with Crippen LogP contribution in [0.25, 0.3) is 0 Å². The van der Waals surface area contributed by atoms with Crippen molar-refractivity contribution in [2.75, 3.05) is 11.1 Å². The molecular formula is C19H14F3N3O4S2. The number of H-pyrrole nitrogens is 1. The third-order valence-corrected chi connectivity index (χ3v) is 6.55. The molecule has 0 atom stereocenters. The average Bonchev–Trinajstić information content (AvgIpc) is 2.72. The van der Waals surface area contributed by atoms with Gasteiger partial charge in [-0.15, -0.1) is 0 Å². The summed E-state index contributed by atoms with van der Waals surface area (Å²) in [6, 6.07) is 11.5. The van der Waals surface area contributed by atoms with Gasteiger partial charge in [0.15, 0.2) is 10.1 Å². The van der Waals surface area contributed by atoms with Crippen molar-refractivity contribution in [1.82, 2.24) is 9.97 Å². The Bertz CT molecular complexity index is 1260. The summed E-state index contributed by atoms with van der Waals surface area (Å²) < 4.78 is 63.3. The van der Waals surface area contributed by atoms with Gasteiger partial charge in [0.2, 0.25) is 15.7 Å². The molecule has 2 N–H and O–H groups in total. The van der Waals surface area contributed by atoms with E-state index in [1.165, 1.54) is 30.3 Å². The van der Waals surface area contributed by atoms with Crippen molar-refractivity contribution < 1.29 is 26.4 Å². The lowest BCUT2D eigenvalue weighted by molar-refractivity contribution is -0.137. The molecule has 0 aliphatic carbocycles. The van der Waals surface area contributed by atoms with Gasteiger partial charge in [-0.25, -0.2) is 13.4 Å². The molecule has 0 fully saturated rings. The van der Waals surface area contributed by atoms with Crippen molar-refractivity contribution in [3.63, 3.8) is 0 Å². The van der Waals surface area contributed by atoms with E-state index in [-0.39, 0.29) is 21.5 Å². The van der Waals surface area contributed by atoms with Gasteiger partial charge in [-0.1, -0.05) is 36.0 Å². The molecule has 0 saturated heterocycles. The Hall–Kier alpha value is -3.12. The summed E-state index contributed by atoms with van der Waals surface area (Å²) in [6.45, 7) is 0. The minimum atomic E-state index is -4.54. The normalized spacial score (nSPS) is 11.8. The van der Waals surface area contributed by atoms with E-state index in [2.05, 4.69) is 15.3 Å². The average molecular weight is 469 g/mol. The molecule has 0 aliphatic rings. The van der Waals surface area contributed by atoms with Gasteiger partial charge in [0.05, 0.1) is 22.4 Å². The number of nitrogens with one attached hydrogen (secondary N) is 2. The molecule has 0 spiro atoms. The first-order valence-corrected chi connectivity index (χ1v) is 11.0. The van der Waals surface area contributed by atoms with Crippen molar-refractivity contribution in [3.8, 4) is 0 Å². The topological polar surface area (TPSA) is 109 Å². The zero-order valence-corrected chi connectivity index (χ0v) is 17.1. The number of benzene rings is 2. The molecule has 31 heavy (non-hydrogen) atoms. The fraction of sp³-hybridized carbons (Fsp3) is 0.105. The molecule has 12 heteroatoms. The third-order valence-electron chi connectivity index (χ3n) is 3.90. The summed E-state index contributed by atoms with van der Waals surface area (Å²) in [6.07, 6.45) is -3.64. The predicted molar refractivity (Wildman–Crippen MR) is 108 cm³/mol. The fourth-order valence-electron chi connectivity index (χ4n) is 2.46. The molecule has 0 radical (unpaired) electrons. The van der Waals surface area contributed by atoms with Gasteiger partial charge in [0.25, 0.3) is 5.56 Å². The van der Waals surface area contributed by atoms with Gasteiger partial charge >= 0.3 is 6.18 Å². The number of halogens is 3. The minimum absolute atomic E-state index is 0.0174. The lowest BCUT2D eigenvalue weighted by atomic mass is 10.2. The highest BCUT2D eigenvalue weighted by molar-refractivity contribution is 7.99. The van der Waals surface area contributed by atoms with E-state index in [1.807, 2.05) is 0 Å². The number of thioether (sulfide) groups is 1. The second-order valence-corrected chi connectivity index (χ2v) is 9.00. The Labute approximate surface area is 178 Å². The second kappa shape index (κ2) is 8.94. The SMILES string of the molecule is O=C(CSc1ncc(S(=O)(=O)c2ccccc2)c(=O)[nH]1)Nc1cccc(C(F)(F)F)c1. The second-order valence-electron chi connectivity index (χ2n) is 6.11. The van der Waals surface area contributed by atoms with E-state index in [4.69, 9.17) is 0 Å². The van der Waals surface area contributed by atoms with E-state index < -0.39 is 37.9 Å². The maximum absolute atomic E-state index is 12.7. The molecule has 0 bridgehead atoms. The molecule has 0 saturated carbocycles. The Morgan fingerprint density at radius 3 is 2.45 bits per heavy atom. The van der Waals surface area contributed by atoms with E-state index in [0.717, 1.165) is 36.2 Å². The van der Waals surface area contributed by atoms with E-state index >= 15 is 0 Å². The largest absolute Gasteiger partial charge is 0.416 e. The summed E-state index contributed by atoms with van der Waals surface area (Å²) in [5, 5.41) is 2.30. The van der Waals surface area contributed by atoms with Crippen LogP contribution >= 0.6 is 11.8 Å². The maximum Gasteiger partial charge on any atom is 0.416 e. The molecule has 2 aromatic carbocycles. The zero-order valence-electron chi connectivity index (χ0n) is 15.5. The number of rotatable bonds is 6. The number of nitrogens with zero attached hydrogens (tertiary/aromatic N) is 1. The quantitative estimate of drug-likeness (QED) is 0.423. The molecular weight excluding hydrogens is 455 g/mol. The molecule has 1 heterocycles. The van der Waals surface area contributed by atoms with Gasteiger partial charge in [-0.05, 0) is 30.3 Å². The van der Waals surface area contributed by atoms with Gasteiger partial charge < -0.3 is 10.3 Å². The maximum atomic E-state index is 12.7. The van der Waals surface area contributed by atoms with E-state index in [9.17, 15) is 31.2 Å². The lowest BCUT2D eigenvalue weighted by Crippen LogP contribution is -2.20. The first kappa shape index (κ1) is 22.6. The number of amides is 1. The van der Waals surface area contributed by atoms with Crippen molar-refractivity contribution >= 4 is 33.2 Å². The number of carbonyl (C=O) groups is 1. The minimum Gasteiger partial charge on any atom is -0.325 e. The molecule has 3 rings (SSSR count). The Balaban J connectivity index is 1.67. The van der Waals surface area contributed by atoms with Crippen LogP contribution in [-0.4, -0.2) is 30.0 Å². The lowest BCUT2D eigenvalue weighted by Gasteiger charge is -2.09. The number of hydrogen-bond acceptors (Lipinski definition) is 6. The monoisotopic (exact) mass is 469 g/mol. The Kier molecular flexibility index (Phi) is 6.51. The molecule has 0 unspecified atom stereocenters. The highest BCUT2D eigenvalue weighted by Gasteiger charge is 2.30. The van der Waals surface area contributed by atoms with Crippen molar-refractivity contribution in [1.29, 1.82) is 0 Å². The van der Waals surface area contributed by atoms with Crippen LogP contribution in [0.15, 0.2) is 80.5 Å². The van der Waals surface area contributed by atoms with Crippen LogP contribution in [0.4, 0.5) is 18.9 Å². The van der Waals surface area contributed by atoms with Crippen LogP contribution in [-0.2, 0) is 20.8 Å². The first-order valence-electron chi connectivity index (χ1n) is 8.57. The third kappa shape index (κ3) is 5.52. The summed E-state index contributed by atoms with van der Waals surface area (Å²) >= 11 is 0.791. The van der Waals surface area contributed by atoms with Crippen LogP contribution < -0.4 is 10.9 Å². The number of carbonyl (C=O) groups excluding carboxylic acids is 1. The van der Waals surface area contributed by atoms with Gasteiger partial charge in [-0.2, -0.15) is 13.2 Å². The van der Waals surface area contributed by atoms with Crippen LogP contribution in [0.1, 0.15) is 5.56 Å². The molecule has 1 amide bonds. The molecule has 0 aliphatic heterocycles. The van der Waals surface area contributed by atoms with Gasteiger partial charge in [0, 0.05) is 5.69 Å². The summed E-state index contributed by atoms with van der Waals surface area (Å²) in [7, 11) is -4.06. The number of aromatic amines is 1. The summed E-state index contributed by atoms with van der Waals surface area (Å²) in [4.78, 5) is 29.8. The van der Waals surface area contributed by atoms with E-state index in [1.54, 1.807) is 6.07 Å². The van der Waals surface area contributed by atoms with Crippen LogP contribution in [0.3, 0.4) is 0 Å². The van der Waals surface area contributed by atoms with Gasteiger partial charge in [0.1, 0.15) is 0 Å². The molecule has 3 aromatic rings. The van der Waals surface area contributed by atoms with Crippen molar-refractivity contribution in [2.45, 2.75) is 21.1 Å². The number of anilines is 1. The molecule has 7 nitrogen and oxygen atoms in total. The summed E-state index contributed by atoms with van der Waals surface area (Å²) in [5.74, 6) is -0.905. The fourth-order valence-corrected chi connectivity index (χ4v) is 4.35. The van der Waals surface area contributed by atoms with Gasteiger partial charge in [-0.3, -0.25) is 9.59 Å². The standard InChI is InChI=1S/C19H14F3N3O4S2/c20-19(21,22)12-5-4-6-13(9-12)24-16(26)11-30-18-23-10-15(17(27)25-18)31(28,29)14-7-2-1-3-8-14/h1-10H,11H2,(H,24,26)(H,23,25,27). The van der Waals surface area contributed by atoms with Crippen molar-refractivity contribution in [2.24, 2.45) is 0 Å². The first-order chi connectivity index (χ1) is 14.6. The highest BCUT2D eigenvalue weighted by Crippen LogP contribution is 2.30. The Morgan fingerprint density at radius 1 is 1.10 bits per heavy atom. The zero-order chi connectivity index (χ0) is 22.6. The van der Waals surface area contributed by atoms with Crippen LogP contribution in [0, 0.1) is 0 Å².